The number of ether oxygens (including phenoxy) is 3. The van der Waals surface area contributed by atoms with Gasteiger partial charge in [0.15, 0.2) is 0 Å². The maximum atomic E-state index is 12.2. The second kappa shape index (κ2) is 7.81. The third-order valence-electron chi connectivity index (χ3n) is 3.39. The van der Waals surface area contributed by atoms with E-state index in [1.54, 1.807) is 0 Å². The lowest BCUT2D eigenvalue weighted by Gasteiger charge is -2.23. The van der Waals surface area contributed by atoms with Crippen molar-refractivity contribution in [3.8, 4) is 0 Å². The zero-order valence-corrected chi connectivity index (χ0v) is 13.5. The highest BCUT2D eigenvalue weighted by molar-refractivity contribution is 6.34. The van der Waals surface area contributed by atoms with Crippen LogP contribution < -0.4 is 0 Å². The van der Waals surface area contributed by atoms with Crippen LogP contribution in [0, 0.1) is 5.92 Å². The average Bonchev–Trinajstić information content (AvgIpc) is 2.51. The summed E-state index contributed by atoms with van der Waals surface area (Å²) in [7, 11) is 1.23. The van der Waals surface area contributed by atoms with E-state index in [1.165, 1.54) is 25.3 Å². The van der Waals surface area contributed by atoms with Crippen molar-refractivity contribution >= 4 is 35.1 Å². The van der Waals surface area contributed by atoms with E-state index in [-0.39, 0.29) is 5.92 Å². The number of rotatable bonds is 4. The molecule has 1 aliphatic heterocycles. The first-order chi connectivity index (χ1) is 10.5. The van der Waals surface area contributed by atoms with Crippen molar-refractivity contribution in [3.05, 3.63) is 33.8 Å². The Labute approximate surface area is 138 Å². The highest BCUT2D eigenvalue weighted by atomic mass is 35.5. The van der Waals surface area contributed by atoms with E-state index in [0.717, 1.165) is 0 Å². The maximum absolute atomic E-state index is 12.2. The molecule has 5 nitrogen and oxygen atoms in total. The smallest absolute Gasteiger partial charge is 0.351 e. The zero-order chi connectivity index (χ0) is 16.1. The average molecular weight is 347 g/mol. The number of hydrogen-bond donors (Lipinski definition) is 0. The van der Waals surface area contributed by atoms with Crippen LogP contribution in [-0.4, -0.2) is 32.3 Å². The van der Waals surface area contributed by atoms with Crippen LogP contribution in [0.3, 0.4) is 0 Å². The van der Waals surface area contributed by atoms with Gasteiger partial charge in [-0.05, 0) is 31.0 Å². The van der Waals surface area contributed by atoms with Crippen LogP contribution >= 0.6 is 23.2 Å². The highest BCUT2D eigenvalue weighted by Crippen LogP contribution is 2.28. The molecule has 0 aliphatic carbocycles. The zero-order valence-electron chi connectivity index (χ0n) is 12.0. The standard InChI is InChI=1S/C15H16Cl2O5/c1-20-15(19)13(10-6-11(16)8-12(17)7-10)22-14(18)9-2-4-21-5-3-9/h6-9,13H,2-5H2,1H3/t13-/m1/s1. The van der Waals surface area contributed by atoms with Crippen molar-refractivity contribution < 1.29 is 23.8 Å². The summed E-state index contributed by atoms with van der Waals surface area (Å²) in [6.45, 7) is 1.01. The van der Waals surface area contributed by atoms with Crippen molar-refractivity contribution in [3.63, 3.8) is 0 Å². The Morgan fingerprint density at radius 2 is 1.77 bits per heavy atom. The number of carbonyl (C=O) groups is 2. The fourth-order valence-corrected chi connectivity index (χ4v) is 2.77. The molecular weight excluding hydrogens is 331 g/mol. The Morgan fingerprint density at radius 1 is 1.18 bits per heavy atom. The molecule has 1 aromatic rings. The summed E-state index contributed by atoms with van der Waals surface area (Å²) < 4.78 is 15.3. The molecule has 0 aromatic heterocycles. The minimum atomic E-state index is -1.18. The molecule has 7 heteroatoms. The Balaban J connectivity index is 2.18. The number of benzene rings is 1. The molecule has 2 rings (SSSR count). The highest BCUT2D eigenvalue weighted by Gasteiger charge is 2.31. The van der Waals surface area contributed by atoms with Crippen LogP contribution in [0.4, 0.5) is 0 Å². The molecule has 1 fully saturated rings. The summed E-state index contributed by atoms with van der Waals surface area (Å²) in [5.74, 6) is -1.41. The third-order valence-corrected chi connectivity index (χ3v) is 3.83. The van der Waals surface area contributed by atoms with Crippen molar-refractivity contribution in [2.24, 2.45) is 5.92 Å². The van der Waals surface area contributed by atoms with Gasteiger partial charge in [-0.3, -0.25) is 4.79 Å². The van der Waals surface area contributed by atoms with Gasteiger partial charge in [0.05, 0.1) is 13.0 Å². The SMILES string of the molecule is COC(=O)[C@H](OC(=O)C1CCOCC1)c1cc(Cl)cc(Cl)c1. The minimum Gasteiger partial charge on any atom is -0.466 e. The van der Waals surface area contributed by atoms with E-state index in [2.05, 4.69) is 0 Å². The van der Waals surface area contributed by atoms with E-state index < -0.39 is 18.0 Å². The van der Waals surface area contributed by atoms with Crippen LogP contribution in [0.5, 0.6) is 0 Å². The van der Waals surface area contributed by atoms with E-state index in [1.807, 2.05) is 0 Å². The largest absolute Gasteiger partial charge is 0.466 e. The first-order valence-corrected chi connectivity index (χ1v) is 7.59. The number of hydrogen-bond acceptors (Lipinski definition) is 5. The van der Waals surface area contributed by atoms with Crippen LogP contribution in [0.25, 0.3) is 0 Å². The topological polar surface area (TPSA) is 61.8 Å². The normalized spacial score (nSPS) is 16.9. The molecule has 120 valence electrons. The molecule has 0 unspecified atom stereocenters. The van der Waals surface area contributed by atoms with Gasteiger partial charge in [0.25, 0.3) is 0 Å². The molecule has 1 aromatic carbocycles. The number of halogens is 2. The summed E-state index contributed by atoms with van der Waals surface area (Å²) in [5.41, 5.74) is 0.379. The molecule has 0 radical (unpaired) electrons. The molecule has 0 saturated carbocycles. The fraction of sp³-hybridized carbons (Fsp3) is 0.467. The number of carbonyl (C=O) groups excluding carboxylic acids is 2. The van der Waals surface area contributed by atoms with Gasteiger partial charge in [-0.25, -0.2) is 4.79 Å². The molecule has 0 bridgehead atoms. The number of methoxy groups -OCH3 is 1. The molecule has 0 amide bonds. The summed E-state index contributed by atoms with van der Waals surface area (Å²) in [5, 5.41) is 0.692. The lowest BCUT2D eigenvalue weighted by atomic mass is 10.0. The lowest BCUT2D eigenvalue weighted by molar-refractivity contribution is -0.171. The second-order valence-corrected chi connectivity index (χ2v) is 5.80. The van der Waals surface area contributed by atoms with Gasteiger partial charge < -0.3 is 14.2 Å². The van der Waals surface area contributed by atoms with Crippen LogP contribution in [0.1, 0.15) is 24.5 Å². The lowest BCUT2D eigenvalue weighted by Crippen LogP contribution is -2.29. The fourth-order valence-electron chi connectivity index (χ4n) is 2.23. The quantitative estimate of drug-likeness (QED) is 0.783. The Bertz CT molecular complexity index is 535. The van der Waals surface area contributed by atoms with Gasteiger partial charge in [0.2, 0.25) is 6.10 Å². The summed E-state index contributed by atoms with van der Waals surface area (Å²) in [6, 6.07) is 4.57. The maximum Gasteiger partial charge on any atom is 0.351 e. The van der Waals surface area contributed by atoms with Gasteiger partial charge in [-0.15, -0.1) is 0 Å². The molecule has 1 saturated heterocycles. The molecule has 1 heterocycles. The second-order valence-electron chi connectivity index (χ2n) is 4.93. The van der Waals surface area contributed by atoms with Crippen molar-refractivity contribution in [1.29, 1.82) is 0 Å². The summed E-state index contributed by atoms with van der Waals surface area (Å²) in [6.07, 6.45) is -0.0389. The molecule has 22 heavy (non-hydrogen) atoms. The van der Waals surface area contributed by atoms with Crippen LogP contribution in [0.2, 0.25) is 10.0 Å². The minimum absolute atomic E-state index is 0.282. The van der Waals surface area contributed by atoms with Crippen molar-refractivity contribution in [1.82, 2.24) is 0 Å². The first kappa shape index (κ1) is 17.1. The van der Waals surface area contributed by atoms with Gasteiger partial charge in [-0.1, -0.05) is 23.2 Å². The summed E-state index contributed by atoms with van der Waals surface area (Å²) in [4.78, 5) is 24.2. The Hall–Kier alpha value is -1.30. The van der Waals surface area contributed by atoms with E-state index in [9.17, 15) is 9.59 Å². The van der Waals surface area contributed by atoms with Crippen LogP contribution in [0.15, 0.2) is 18.2 Å². The third kappa shape index (κ3) is 4.35. The summed E-state index contributed by atoms with van der Waals surface area (Å²) >= 11 is 11.9. The monoisotopic (exact) mass is 346 g/mol. The van der Waals surface area contributed by atoms with E-state index >= 15 is 0 Å². The Morgan fingerprint density at radius 3 is 2.32 bits per heavy atom. The molecule has 0 spiro atoms. The van der Waals surface area contributed by atoms with E-state index in [4.69, 9.17) is 37.4 Å². The molecule has 0 N–H and O–H groups in total. The predicted molar refractivity (Wildman–Crippen MR) is 80.9 cm³/mol. The van der Waals surface area contributed by atoms with Gasteiger partial charge >= 0.3 is 11.9 Å². The van der Waals surface area contributed by atoms with E-state index in [0.29, 0.717) is 41.7 Å². The van der Waals surface area contributed by atoms with Crippen LogP contribution in [-0.2, 0) is 23.8 Å². The van der Waals surface area contributed by atoms with Crippen molar-refractivity contribution in [2.75, 3.05) is 20.3 Å². The van der Waals surface area contributed by atoms with Crippen molar-refractivity contribution in [2.45, 2.75) is 18.9 Å². The molecular formula is C15H16Cl2O5. The number of esters is 2. The molecule has 1 aliphatic rings. The predicted octanol–water partition coefficient (Wildman–Crippen LogP) is 3.18. The first-order valence-electron chi connectivity index (χ1n) is 6.83. The Kier molecular flexibility index (Phi) is 6.06. The van der Waals surface area contributed by atoms with Gasteiger partial charge in [-0.2, -0.15) is 0 Å². The van der Waals surface area contributed by atoms with Gasteiger partial charge in [0.1, 0.15) is 0 Å². The molecule has 1 atom stereocenters. The van der Waals surface area contributed by atoms with Gasteiger partial charge in [0, 0.05) is 28.8 Å².